The van der Waals surface area contributed by atoms with Crippen LogP contribution < -0.4 is 51.3 Å². The zero-order chi connectivity index (χ0) is 44.0. The van der Waals surface area contributed by atoms with Crippen LogP contribution in [0.2, 0.25) is 0 Å². The summed E-state index contributed by atoms with van der Waals surface area (Å²) in [6.07, 6.45) is 0. The summed E-state index contributed by atoms with van der Waals surface area (Å²) >= 11 is 15.9. The van der Waals surface area contributed by atoms with E-state index in [9.17, 15) is 0 Å². The van der Waals surface area contributed by atoms with Gasteiger partial charge in [-0.05, 0) is 0 Å². The number of nitrogens with zero attached hydrogens (tertiary/aromatic N) is 3. The van der Waals surface area contributed by atoms with E-state index in [0.29, 0.717) is 0 Å². The summed E-state index contributed by atoms with van der Waals surface area (Å²) in [5, 5.41) is 9.74. The van der Waals surface area contributed by atoms with Crippen LogP contribution in [0.25, 0.3) is 0 Å². The van der Waals surface area contributed by atoms with E-state index in [2.05, 4.69) is 330 Å². The molecule has 0 aliphatic rings. The summed E-state index contributed by atoms with van der Waals surface area (Å²) in [4.78, 5) is 6.12. The molecule has 0 atom stereocenters. The third kappa shape index (κ3) is 8.48. The Morgan fingerprint density at radius 1 is 0.219 bits per heavy atom. The van der Waals surface area contributed by atoms with Gasteiger partial charge >= 0.3 is 412 Å². The van der Waals surface area contributed by atoms with Crippen LogP contribution in [0.3, 0.4) is 0 Å². The molecule has 0 unspecified atom stereocenters. The van der Waals surface area contributed by atoms with Gasteiger partial charge in [0.15, 0.2) is 0 Å². The van der Waals surface area contributed by atoms with Crippen LogP contribution in [-0.2, 0) is 0 Å². The van der Waals surface area contributed by atoms with Crippen LogP contribution in [-0.4, -0.2) is 65.4 Å². The Kier molecular flexibility index (Phi) is 14.2. The van der Waals surface area contributed by atoms with E-state index in [1.54, 1.807) is 0 Å². The Hall–Kier alpha value is -3.69. The monoisotopic (exact) mass is 1160 g/mol. The number of rotatable bonds is 14. The van der Waals surface area contributed by atoms with Gasteiger partial charge in [-0.2, -0.15) is 0 Å². The molecule has 3 nitrogen and oxygen atoms in total. The van der Waals surface area contributed by atoms with Crippen molar-refractivity contribution in [3.05, 3.63) is 261 Å². The quantitative estimate of drug-likeness (QED) is 0.0801. The van der Waals surface area contributed by atoms with E-state index in [1.807, 2.05) is 0 Å². The topological polar surface area (TPSA) is 19.4 Å². The predicted octanol–water partition coefficient (Wildman–Crippen LogP) is 9.36. The molecule has 0 radical (unpaired) electrons. The van der Waals surface area contributed by atoms with Crippen LogP contribution in [0.15, 0.2) is 261 Å². The molecular weight excluding hydrogens is 1120 g/mol. The molecule has 11 heteroatoms. The SMILES string of the molecule is [Se]=P(c1ccccc1)(c1ccccc1)N(c1cccc(N(P(=[Se])(c2ccccc2)c2ccccc2)P(=[Se])(c2ccccc2)c2ccccc2)n1)P(=[Se])(c1ccccc1)c1ccccc1. The molecular formula is C53H43N3P4Se4. The fourth-order valence-corrected chi connectivity index (χ4v) is 43.3. The third-order valence-electron chi connectivity index (χ3n) is 11.0. The molecule has 0 amide bonds. The summed E-state index contributed by atoms with van der Waals surface area (Å²) in [5.74, 6) is 1.75. The predicted molar refractivity (Wildman–Crippen MR) is 288 cm³/mol. The molecule has 1 heterocycles. The third-order valence-corrected chi connectivity index (χ3v) is 43.2. The molecule has 0 bridgehead atoms. The maximum atomic E-state index is 6.12. The molecule has 0 aliphatic heterocycles. The first-order valence-corrected chi connectivity index (χ1v) is 36.6. The van der Waals surface area contributed by atoms with E-state index >= 15 is 0 Å². The Morgan fingerprint density at radius 2 is 0.375 bits per heavy atom. The zero-order valence-electron chi connectivity index (χ0n) is 34.6. The van der Waals surface area contributed by atoms with Crippen molar-refractivity contribution < 1.29 is 0 Å². The second kappa shape index (κ2) is 20.0. The molecule has 8 aromatic carbocycles. The summed E-state index contributed by atoms with van der Waals surface area (Å²) in [5.41, 5.74) is -10.7. The van der Waals surface area contributed by atoms with Gasteiger partial charge in [0.2, 0.25) is 0 Å². The van der Waals surface area contributed by atoms with E-state index in [-0.39, 0.29) is 0 Å². The van der Waals surface area contributed by atoms with Gasteiger partial charge in [0.1, 0.15) is 0 Å². The summed E-state index contributed by atoms with van der Waals surface area (Å²) < 4.78 is 5.40. The van der Waals surface area contributed by atoms with E-state index in [0.717, 1.165) is 11.6 Å². The molecule has 1 aromatic heterocycles. The van der Waals surface area contributed by atoms with E-state index in [1.165, 1.54) is 42.4 Å². The maximum absolute atomic E-state index is 6.12. The van der Waals surface area contributed by atoms with Crippen molar-refractivity contribution in [3.8, 4) is 0 Å². The molecule has 64 heavy (non-hydrogen) atoms. The molecule has 9 aromatic rings. The number of aromatic nitrogens is 1. The standard InChI is InChI=1S/C53H43N3P4Se4/c61-57(44-26-9-1-10-27-44,45-28-11-2-12-29-45)55(58(62,46-30-13-3-14-31-46)47-32-15-4-16-33-47)52-42-25-43-53(54-52)56(59(63,48-34-17-5-18-35-48)49-36-19-6-20-37-49)60(64,50-38-21-7-22-39-50)51-40-23-8-24-41-51/h1-43H. The first-order valence-electron chi connectivity index (χ1n) is 20.7. The minimum atomic E-state index is -2.67. The van der Waals surface area contributed by atoms with Crippen molar-refractivity contribution in [1.82, 2.24) is 4.98 Å². The summed E-state index contributed by atoms with van der Waals surface area (Å²) in [6, 6.07) is 94.7. The first-order chi connectivity index (χ1) is 31.3. The van der Waals surface area contributed by atoms with Crippen LogP contribution in [0.4, 0.5) is 11.6 Å². The molecule has 9 rings (SSSR count). The summed E-state index contributed by atoms with van der Waals surface area (Å²) in [7, 11) is 0. The average molecular weight is 1160 g/mol. The van der Waals surface area contributed by atoms with E-state index < -0.39 is 22.6 Å². The number of anilines is 2. The van der Waals surface area contributed by atoms with E-state index in [4.69, 9.17) is 4.98 Å². The van der Waals surface area contributed by atoms with Crippen LogP contribution in [0, 0.1) is 0 Å². The van der Waals surface area contributed by atoms with Gasteiger partial charge in [-0.3, -0.25) is 0 Å². The second-order valence-electron chi connectivity index (χ2n) is 14.9. The second-order valence-corrected chi connectivity index (χ2v) is 39.2. The molecule has 314 valence electrons. The van der Waals surface area contributed by atoms with Gasteiger partial charge in [-0.1, -0.05) is 0 Å². The Balaban J connectivity index is 1.44. The molecule has 0 saturated carbocycles. The Morgan fingerprint density at radius 3 is 0.531 bits per heavy atom. The minimum absolute atomic E-state index is 0.877. The van der Waals surface area contributed by atoms with Gasteiger partial charge < -0.3 is 0 Å². The normalized spacial score (nSPS) is 12.0. The van der Waals surface area contributed by atoms with Crippen molar-refractivity contribution >= 4 is 137 Å². The van der Waals surface area contributed by atoms with Gasteiger partial charge in [0, 0.05) is 0 Å². The fraction of sp³-hybridized carbons (Fsp3) is 0. The molecule has 0 fully saturated rings. The Bertz CT molecular complexity index is 2590. The van der Waals surface area contributed by atoms with Gasteiger partial charge in [-0.15, -0.1) is 0 Å². The van der Waals surface area contributed by atoms with Gasteiger partial charge in [0.25, 0.3) is 0 Å². The van der Waals surface area contributed by atoms with Crippen molar-refractivity contribution in [2.24, 2.45) is 0 Å². The van der Waals surface area contributed by atoms with Crippen LogP contribution >= 0.6 is 22.6 Å². The molecule has 0 spiro atoms. The fourth-order valence-electron chi connectivity index (χ4n) is 8.08. The van der Waals surface area contributed by atoms with Crippen molar-refractivity contribution in [1.29, 1.82) is 0 Å². The first kappa shape index (κ1) is 45.5. The number of hydrogen-bond donors (Lipinski definition) is 0. The molecule has 0 N–H and O–H groups in total. The molecule has 0 aliphatic carbocycles. The zero-order valence-corrected chi connectivity index (χ0v) is 45.0. The van der Waals surface area contributed by atoms with Crippen molar-refractivity contribution in [2.75, 3.05) is 8.88 Å². The average Bonchev–Trinajstić information content (AvgIpc) is 3.38. The summed E-state index contributed by atoms with van der Waals surface area (Å²) in [6.45, 7) is 0. The van der Waals surface area contributed by atoms with Crippen molar-refractivity contribution in [2.45, 2.75) is 0 Å². The van der Waals surface area contributed by atoms with Gasteiger partial charge in [-0.25, -0.2) is 0 Å². The number of hydrogen-bond acceptors (Lipinski definition) is 3. The van der Waals surface area contributed by atoms with Crippen LogP contribution in [0.1, 0.15) is 0 Å². The Labute approximate surface area is 408 Å². The van der Waals surface area contributed by atoms with Crippen LogP contribution in [0.5, 0.6) is 0 Å². The van der Waals surface area contributed by atoms with Gasteiger partial charge in [0.05, 0.1) is 0 Å². The van der Waals surface area contributed by atoms with Crippen molar-refractivity contribution in [3.63, 3.8) is 0 Å². The number of benzene rings is 8. The molecule has 0 saturated heterocycles. The number of pyridine rings is 1.